The van der Waals surface area contributed by atoms with Crippen molar-refractivity contribution in [2.24, 2.45) is 0 Å². The molecule has 10 aromatic rings. The summed E-state index contributed by atoms with van der Waals surface area (Å²) in [6.45, 7) is 2.11. The summed E-state index contributed by atoms with van der Waals surface area (Å²) in [5, 5.41) is 4.86. The van der Waals surface area contributed by atoms with Gasteiger partial charge in [-0.3, -0.25) is 9.55 Å². The van der Waals surface area contributed by atoms with Crippen molar-refractivity contribution in [1.82, 2.24) is 19.1 Å². The molecular formula is C47H33N5. The molecule has 4 aromatic heterocycles. The molecule has 0 aliphatic carbocycles. The number of hydrogen-bond acceptors (Lipinski definition) is 3. The maximum absolute atomic E-state index is 4.90. The van der Waals surface area contributed by atoms with E-state index >= 15 is 0 Å². The van der Waals surface area contributed by atoms with Crippen LogP contribution in [0.2, 0.25) is 0 Å². The summed E-state index contributed by atoms with van der Waals surface area (Å²) in [7, 11) is 0. The van der Waals surface area contributed by atoms with E-state index in [1.807, 2.05) is 24.5 Å². The van der Waals surface area contributed by atoms with E-state index in [0.29, 0.717) is 0 Å². The lowest BCUT2D eigenvalue weighted by atomic mass is 10.0. The van der Waals surface area contributed by atoms with Crippen molar-refractivity contribution in [3.05, 3.63) is 188 Å². The van der Waals surface area contributed by atoms with Crippen molar-refractivity contribution < 1.29 is 0 Å². The minimum atomic E-state index is 0.879. The first kappa shape index (κ1) is 29.9. The van der Waals surface area contributed by atoms with Gasteiger partial charge in [0.2, 0.25) is 0 Å². The molecule has 0 fully saturated rings. The molecule has 6 aromatic carbocycles. The zero-order valence-corrected chi connectivity index (χ0v) is 28.6. The highest BCUT2D eigenvalue weighted by Crippen LogP contribution is 2.44. The molecule has 5 heteroatoms. The van der Waals surface area contributed by atoms with Crippen LogP contribution in [0.3, 0.4) is 0 Å². The Labute approximate surface area is 301 Å². The van der Waals surface area contributed by atoms with Crippen molar-refractivity contribution in [1.29, 1.82) is 0 Å². The average molecular weight is 668 g/mol. The van der Waals surface area contributed by atoms with E-state index in [4.69, 9.17) is 9.97 Å². The Morgan fingerprint density at radius 2 is 1.13 bits per heavy atom. The molecule has 0 radical (unpaired) electrons. The van der Waals surface area contributed by atoms with Crippen LogP contribution in [-0.2, 0) is 0 Å². The molecule has 0 atom stereocenters. The van der Waals surface area contributed by atoms with E-state index in [1.54, 1.807) is 0 Å². The molecule has 0 bridgehead atoms. The van der Waals surface area contributed by atoms with Gasteiger partial charge in [0.05, 0.1) is 27.8 Å². The molecule has 0 N–H and O–H groups in total. The average Bonchev–Trinajstić information content (AvgIpc) is 3.72. The number of aromatic nitrogens is 4. The second kappa shape index (κ2) is 12.1. The lowest BCUT2D eigenvalue weighted by Crippen LogP contribution is -2.10. The van der Waals surface area contributed by atoms with Crippen LogP contribution >= 0.6 is 0 Å². The number of pyridine rings is 2. The zero-order valence-electron chi connectivity index (χ0n) is 28.6. The fourth-order valence-electron chi connectivity index (χ4n) is 7.80. The highest BCUT2D eigenvalue weighted by Gasteiger charge is 2.22. The highest BCUT2D eigenvalue weighted by molar-refractivity contribution is 6.29. The standard InChI is InChI=1S/C47H33N5/c1-32-26-28-48-40(29-32)33-13-12-18-36(30-33)50(34-14-4-2-5-15-34)37-22-23-39-44(31-37)52(45-21-10-11-27-49-45)43-25-24-42-46(47(39)43)38-19-8-9-20-41(38)51(42)35-16-6-3-7-17-35/h2-31H,1H3. The van der Waals surface area contributed by atoms with Crippen LogP contribution in [0.15, 0.2) is 182 Å². The second-order valence-electron chi connectivity index (χ2n) is 13.2. The molecule has 0 unspecified atom stereocenters. The molecular weight excluding hydrogens is 635 g/mol. The molecule has 0 aliphatic heterocycles. The zero-order chi connectivity index (χ0) is 34.6. The Morgan fingerprint density at radius 3 is 1.92 bits per heavy atom. The number of aryl methyl sites for hydroxylation is 1. The van der Waals surface area contributed by atoms with Gasteiger partial charge >= 0.3 is 0 Å². The molecule has 5 nitrogen and oxygen atoms in total. The van der Waals surface area contributed by atoms with Gasteiger partial charge in [-0.25, -0.2) is 4.98 Å². The van der Waals surface area contributed by atoms with Crippen molar-refractivity contribution in [3.63, 3.8) is 0 Å². The summed E-state index contributed by atoms with van der Waals surface area (Å²) in [6.07, 6.45) is 3.75. The van der Waals surface area contributed by atoms with Crippen molar-refractivity contribution in [3.8, 4) is 22.8 Å². The van der Waals surface area contributed by atoms with Crippen LogP contribution in [-0.4, -0.2) is 19.1 Å². The van der Waals surface area contributed by atoms with E-state index in [2.05, 4.69) is 179 Å². The SMILES string of the molecule is Cc1ccnc(-c2cccc(N(c3ccccc3)c3ccc4c5c6c7ccccc7n(-c7ccccc7)c6ccc5n(-c5ccccn5)c4c3)c2)c1. The van der Waals surface area contributed by atoms with E-state index in [-0.39, 0.29) is 0 Å². The van der Waals surface area contributed by atoms with Gasteiger partial charge in [-0.15, -0.1) is 0 Å². The monoisotopic (exact) mass is 667 g/mol. The second-order valence-corrected chi connectivity index (χ2v) is 13.2. The van der Waals surface area contributed by atoms with Crippen molar-refractivity contribution in [2.75, 3.05) is 4.90 Å². The lowest BCUT2D eigenvalue weighted by Gasteiger charge is -2.26. The molecule has 0 amide bonds. The maximum atomic E-state index is 4.90. The van der Waals surface area contributed by atoms with Crippen LogP contribution in [0.1, 0.15) is 5.56 Å². The number of fused-ring (bicyclic) bond motifs is 7. The van der Waals surface area contributed by atoms with Crippen molar-refractivity contribution >= 4 is 60.7 Å². The molecule has 4 heterocycles. The van der Waals surface area contributed by atoms with E-state index < -0.39 is 0 Å². The van der Waals surface area contributed by atoms with Crippen LogP contribution in [0, 0.1) is 6.92 Å². The normalized spacial score (nSPS) is 11.6. The smallest absolute Gasteiger partial charge is 0.137 e. The van der Waals surface area contributed by atoms with E-state index in [1.165, 1.54) is 38.1 Å². The fraction of sp³-hybridized carbons (Fsp3) is 0.0213. The molecule has 246 valence electrons. The number of benzene rings is 6. The van der Waals surface area contributed by atoms with Crippen LogP contribution < -0.4 is 4.90 Å². The van der Waals surface area contributed by atoms with Gasteiger partial charge in [-0.05, 0) is 103 Å². The number of anilines is 3. The largest absolute Gasteiger partial charge is 0.310 e. The third-order valence-corrected chi connectivity index (χ3v) is 10.0. The Hall–Kier alpha value is -6.98. The number of rotatable bonds is 6. The Morgan fingerprint density at radius 1 is 0.442 bits per heavy atom. The van der Waals surface area contributed by atoms with Crippen molar-refractivity contribution in [2.45, 2.75) is 6.92 Å². The topological polar surface area (TPSA) is 38.9 Å². The summed E-state index contributed by atoms with van der Waals surface area (Å²) >= 11 is 0. The molecule has 10 rings (SSSR count). The first-order valence-electron chi connectivity index (χ1n) is 17.6. The number of hydrogen-bond donors (Lipinski definition) is 0. The molecule has 0 aliphatic rings. The summed E-state index contributed by atoms with van der Waals surface area (Å²) in [5.41, 5.74) is 12.1. The van der Waals surface area contributed by atoms with Gasteiger partial charge < -0.3 is 9.47 Å². The third-order valence-electron chi connectivity index (χ3n) is 10.0. The molecule has 0 saturated carbocycles. The van der Waals surface area contributed by atoms with Gasteiger partial charge in [0, 0.05) is 62.3 Å². The summed E-state index contributed by atoms with van der Waals surface area (Å²) in [4.78, 5) is 11.9. The van der Waals surface area contributed by atoms with Crippen LogP contribution in [0.5, 0.6) is 0 Å². The Balaban J connectivity index is 1.27. The number of para-hydroxylation sites is 3. The van der Waals surface area contributed by atoms with Gasteiger partial charge in [-0.2, -0.15) is 0 Å². The Bertz CT molecular complexity index is 2910. The lowest BCUT2D eigenvalue weighted by molar-refractivity contribution is 1.08. The van der Waals surface area contributed by atoms with Crippen LogP contribution in [0.25, 0.3) is 66.4 Å². The molecule has 0 saturated heterocycles. The van der Waals surface area contributed by atoms with Gasteiger partial charge in [0.1, 0.15) is 5.82 Å². The summed E-state index contributed by atoms with van der Waals surface area (Å²) in [5.74, 6) is 0.879. The minimum Gasteiger partial charge on any atom is -0.310 e. The minimum absolute atomic E-state index is 0.879. The summed E-state index contributed by atoms with van der Waals surface area (Å²) < 4.78 is 4.70. The predicted octanol–water partition coefficient (Wildman–Crippen LogP) is 12.1. The predicted molar refractivity (Wildman–Crippen MR) is 216 cm³/mol. The first-order chi connectivity index (χ1) is 25.7. The first-order valence-corrected chi connectivity index (χ1v) is 17.6. The fourth-order valence-corrected chi connectivity index (χ4v) is 7.80. The van der Waals surface area contributed by atoms with E-state index in [9.17, 15) is 0 Å². The third kappa shape index (κ3) is 4.78. The summed E-state index contributed by atoms with van der Waals surface area (Å²) in [6, 6.07) is 60.3. The molecule has 0 spiro atoms. The van der Waals surface area contributed by atoms with Gasteiger partial charge in [0.15, 0.2) is 0 Å². The van der Waals surface area contributed by atoms with Gasteiger partial charge in [0.25, 0.3) is 0 Å². The van der Waals surface area contributed by atoms with Crippen LogP contribution in [0.4, 0.5) is 17.1 Å². The van der Waals surface area contributed by atoms with Gasteiger partial charge in [-0.1, -0.05) is 78.9 Å². The maximum Gasteiger partial charge on any atom is 0.137 e. The Kier molecular flexibility index (Phi) is 6.96. The molecule has 52 heavy (non-hydrogen) atoms. The highest BCUT2D eigenvalue weighted by atomic mass is 15.1. The number of nitrogens with zero attached hydrogens (tertiary/aromatic N) is 5. The van der Waals surface area contributed by atoms with E-state index in [0.717, 1.165) is 50.9 Å². The quantitative estimate of drug-likeness (QED) is 0.177.